The van der Waals surface area contributed by atoms with E-state index in [-0.39, 0.29) is 11.5 Å². The zero-order valence-corrected chi connectivity index (χ0v) is 16.5. The van der Waals surface area contributed by atoms with Crippen LogP contribution in [0.25, 0.3) is 11.1 Å². The Morgan fingerprint density at radius 2 is 2.07 bits per heavy atom. The van der Waals surface area contributed by atoms with Crippen LogP contribution in [0.5, 0.6) is 11.6 Å². The number of carbonyl (C=O) groups excluding carboxylic acids is 1. The minimum Gasteiger partial charge on any atom is -0.496 e. The molecule has 1 saturated carbocycles. The lowest BCUT2D eigenvalue weighted by molar-refractivity contribution is 0.0391. The van der Waals surface area contributed by atoms with Gasteiger partial charge in [-0.05, 0) is 54.5 Å². The monoisotopic (exact) mass is 382 g/mol. The van der Waals surface area contributed by atoms with E-state index in [2.05, 4.69) is 24.9 Å². The second kappa shape index (κ2) is 7.00. The maximum atomic E-state index is 11.4. The summed E-state index contributed by atoms with van der Waals surface area (Å²) < 4.78 is 16.8. The van der Waals surface area contributed by atoms with Crippen LogP contribution in [0.2, 0.25) is 0 Å². The smallest absolute Gasteiger partial charge is 0.405 e. The molecule has 1 unspecified atom stereocenters. The summed E-state index contributed by atoms with van der Waals surface area (Å²) in [5.41, 5.74) is 9.04. The number of aromatic nitrogens is 1. The summed E-state index contributed by atoms with van der Waals surface area (Å²) in [6.45, 7) is 4.88. The standard InChI is InChI=1S/C22H26N2O4/c1-22(2)10-15-8-16(18(26-3)9-17(15)20(22)28-21(23)25)14-6-7-19(24-11-14)27-12-13-4-5-13/h6-9,11,13,20H,4-5,10,12H2,1-3H3,(H2,23,25). The fourth-order valence-electron chi connectivity index (χ4n) is 3.89. The minimum absolute atomic E-state index is 0.236. The molecule has 28 heavy (non-hydrogen) atoms. The van der Waals surface area contributed by atoms with Crippen molar-refractivity contribution in [3.8, 4) is 22.8 Å². The Hall–Kier alpha value is -2.76. The molecule has 0 radical (unpaired) electrons. The topological polar surface area (TPSA) is 83.7 Å². The van der Waals surface area contributed by atoms with Gasteiger partial charge in [0, 0.05) is 28.8 Å². The highest BCUT2D eigenvalue weighted by Crippen LogP contribution is 2.50. The van der Waals surface area contributed by atoms with Crippen molar-refractivity contribution in [3.63, 3.8) is 0 Å². The summed E-state index contributed by atoms with van der Waals surface area (Å²) in [5.74, 6) is 2.05. The van der Waals surface area contributed by atoms with Gasteiger partial charge in [-0.25, -0.2) is 9.78 Å². The third-order valence-electron chi connectivity index (χ3n) is 5.54. The van der Waals surface area contributed by atoms with Gasteiger partial charge in [-0.3, -0.25) is 0 Å². The van der Waals surface area contributed by atoms with Crippen LogP contribution in [0.1, 0.15) is 43.9 Å². The molecule has 0 aliphatic heterocycles. The van der Waals surface area contributed by atoms with Crippen LogP contribution in [-0.4, -0.2) is 24.8 Å². The second-order valence-corrected chi connectivity index (χ2v) is 8.37. The van der Waals surface area contributed by atoms with Crippen LogP contribution in [0, 0.1) is 11.3 Å². The van der Waals surface area contributed by atoms with E-state index < -0.39 is 6.09 Å². The van der Waals surface area contributed by atoms with Gasteiger partial charge >= 0.3 is 6.09 Å². The molecule has 2 aromatic rings. The van der Waals surface area contributed by atoms with E-state index in [1.54, 1.807) is 7.11 Å². The van der Waals surface area contributed by atoms with E-state index in [4.69, 9.17) is 19.9 Å². The number of nitrogens with zero attached hydrogens (tertiary/aromatic N) is 1. The average Bonchev–Trinajstić information content (AvgIpc) is 3.45. The molecule has 1 aromatic carbocycles. The predicted molar refractivity (Wildman–Crippen MR) is 105 cm³/mol. The zero-order chi connectivity index (χ0) is 19.9. The molecular formula is C22H26N2O4. The summed E-state index contributed by atoms with van der Waals surface area (Å²) in [4.78, 5) is 15.8. The number of methoxy groups -OCH3 is 1. The van der Waals surface area contributed by atoms with Gasteiger partial charge < -0.3 is 19.9 Å². The highest BCUT2D eigenvalue weighted by atomic mass is 16.6. The Balaban J connectivity index is 1.64. The molecule has 1 fully saturated rings. The lowest BCUT2D eigenvalue weighted by atomic mass is 9.87. The molecule has 0 saturated heterocycles. The van der Waals surface area contributed by atoms with Gasteiger partial charge in [0.2, 0.25) is 5.88 Å². The molecular weight excluding hydrogens is 356 g/mol. The Bertz CT molecular complexity index is 888. The molecule has 148 valence electrons. The third-order valence-corrected chi connectivity index (χ3v) is 5.54. The maximum Gasteiger partial charge on any atom is 0.405 e. The number of fused-ring (bicyclic) bond motifs is 1. The van der Waals surface area contributed by atoms with Crippen molar-refractivity contribution in [1.82, 2.24) is 4.98 Å². The summed E-state index contributed by atoms with van der Waals surface area (Å²) >= 11 is 0. The van der Waals surface area contributed by atoms with Crippen LogP contribution in [0.4, 0.5) is 4.79 Å². The molecule has 2 aliphatic rings. The molecule has 1 aromatic heterocycles. The van der Waals surface area contributed by atoms with Crippen molar-refractivity contribution in [2.75, 3.05) is 13.7 Å². The molecule has 1 heterocycles. The SMILES string of the molecule is COc1cc2c(cc1-c1ccc(OCC3CC3)nc1)CC(C)(C)C2OC(N)=O. The molecule has 0 spiro atoms. The highest BCUT2D eigenvalue weighted by molar-refractivity contribution is 5.73. The number of ether oxygens (including phenoxy) is 3. The number of pyridine rings is 1. The Morgan fingerprint density at radius 1 is 1.29 bits per heavy atom. The van der Waals surface area contributed by atoms with E-state index in [0.29, 0.717) is 17.5 Å². The van der Waals surface area contributed by atoms with Gasteiger partial charge in [0.25, 0.3) is 0 Å². The summed E-state index contributed by atoms with van der Waals surface area (Å²) in [7, 11) is 1.63. The Kier molecular flexibility index (Phi) is 4.65. The van der Waals surface area contributed by atoms with Crippen LogP contribution in [0.3, 0.4) is 0 Å². The molecule has 4 rings (SSSR count). The zero-order valence-electron chi connectivity index (χ0n) is 16.5. The van der Waals surface area contributed by atoms with E-state index in [1.165, 1.54) is 12.8 Å². The van der Waals surface area contributed by atoms with Crippen molar-refractivity contribution >= 4 is 6.09 Å². The fourth-order valence-corrected chi connectivity index (χ4v) is 3.89. The maximum absolute atomic E-state index is 11.4. The first kappa shape index (κ1) is 18.6. The average molecular weight is 382 g/mol. The van der Waals surface area contributed by atoms with Crippen LogP contribution >= 0.6 is 0 Å². The third kappa shape index (κ3) is 3.63. The quantitative estimate of drug-likeness (QED) is 0.807. The first-order valence-corrected chi connectivity index (χ1v) is 9.63. The number of amides is 1. The molecule has 1 amide bonds. The molecule has 6 nitrogen and oxygen atoms in total. The van der Waals surface area contributed by atoms with Crippen LogP contribution < -0.4 is 15.2 Å². The molecule has 2 aliphatic carbocycles. The second-order valence-electron chi connectivity index (χ2n) is 8.37. The minimum atomic E-state index is -0.764. The number of benzene rings is 1. The number of nitrogens with two attached hydrogens (primary N) is 1. The molecule has 1 atom stereocenters. The van der Waals surface area contributed by atoms with Gasteiger partial charge in [-0.2, -0.15) is 0 Å². The van der Waals surface area contributed by atoms with Crippen LogP contribution in [0.15, 0.2) is 30.5 Å². The van der Waals surface area contributed by atoms with Gasteiger partial charge in [-0.1, -0.05) is 13.8 Å². The lowest BCUT2D eigenvalue weighted by Crippen LogP contribution is -2.25. The summed E-state index contributed by atoms with van der Waals surface area (Å²) in [6, 6.07) is 7.94. The summed E-state index contributed by atoms with van der Waals surface area (Å²) in [6.07, 6.45) is 3.94. The van der Waals surface area contributed by atoms with Gasteiger partial charge in [0.15, 0.2) is 0 Å². The van der Waals surface area contributed by atoms with Gasteiger partial charge in [-0.15, -0.1) is 0 Å². The number of hydrogen-bond acceptors (Lipinski definition) is 5. The van der Waals surface area contributed by atoms with E-state index in [9.17, 15) is 4.79 Å². The Labute approximate surface area is 165 Å². The number of carbonyl (C=O) groups is 1. The molecule has 2 N–H and O–H groups in total. The number of rotatable bonds is 6. The number of hydrogen-bond donors (Lipinski definition) is 1. The van der Waals surface area contributed by atoms with Crippen molar-refractivity contribution in [2.24, 2.45) is 17.1 Å². The fraction of sp³-hybridized carbons (Fsp3) is 0.455. The lowest BCUT2D eigenvalue weighted by Gasteiger charge is -2.26. The van der Waals surface area contributed by atoms with Gasteiger partial charge in [0.1, 0.15) is 11.9 Å². The highest BCUT2D eigenvalue weighted by Gasteiger charge is 2.42. The van der Waals surface area contributed by atoms with Crippen molar-refractivity contribution < 1.29 is 19.0 Å². The normalized spacial score (nSPS) is 19.8. The predicted octanol–water partition coefficient (Wildman–Crippen LogP) is 4.26. The Morgan fingerprint density at radius 3 is 2.68 bits per heavy atom. The molecule has 6 heteroatoms. The first-order chi connectivity index (χ1) is 13.4. The van der Waals surface area contributed by atoms with Crippen molar-refractivity contribution in [2.45, 2.75) is 39.2 Å². The first-order valence-electron chi connectivity index (χ1n) is 9.63. The van der Waals surface area contributed by atoms with E-state index in [1.807, 2.05) is 24.4 Å². The van der Waals surface area contributed by atoms with Crippen LogP contribution in [-0.2, 0) is 11.2 Å². The van der Waals surface area contributed by atoms with E-state index in [0.717, 1.165) is 35.3 Å². The van der Waals surface area contributed by atoms with Gasteiger partial charge in [0.05, 0.1) is 13.7 Å². The summed E-state index contributed by atoms with van der Waals surface area (Å²) in [5, 5.41) is 0. The van der Waals surface area contributed by atoms with E-state index >= 15 is 0 Å². The largest absolute Gasteiger partial charge is 0.496 e. The van der Waals surface area contributed by atoms with Crippen molar-refractivity contribution in [1.29, 1.82) is 0 Å². The van der Waals surface area contributed by atoms with Crippen molar-refractivity contribution in [3.05, 3.63) is 41.6 Å². The number of primary amides is 1. The molecule has 0 bridgehead atoms.